The molecule has 5 aliphatic carbocycles. The molecule has 0 aromatic rings. The lowest BCUT2D eigenvalue weighted by molar-refractivity contribution is -0.216. The number of carboxylic acid groups (broad SMARTS) is 1. The number of aliphatic hydroxyl groups excluding tert-OH is 2. The predicted octanol–water partition coefficient (Wildman–Crippen LogP) is 3.72. The van der Waals surface area contributed by atoms with Crippen molar-refractivity contribution in [2.75, 3.05) is 0 Å². The third-order valence-electron chi connectivity index (χ3n) is 12.3. The molecule has 0 amide bonds. The Morgan fingerprint density at radius 3 is 2.35 bits per heavy atom. The molecule has 6 heteroatoms. The van der Waals surface area contributed by atoms with E-state index in [1.165, 1.54) is 0 Å². The number of fused-ring (bicyclic) bond motifs is 7. The summed E-state index contributed by atoms with van der Waals surface area (Å²) in [6, 6.07) is 0. The smallest absolute Gasteiger partial charge is 0.310 e. The lowest BCUT2D eigenvalue weighted by Crippen LogP contribution is -2.69. The first-order chi connectivity index (χ1) is 15.7. The molecule has 4 fully saturated rings. The number of ketones is 1. The monoisotopic (exact) mass is 474 g/mol. The van der Waals surface area contributed by atoms with Gasteiger partial charge in [0.2, 0.25) is 0 Å². The van der Waals surface area contributed by atoms with E-state index in [0.29, 0.717) is 51.4 Å². The van der Waals surface area contributed by atoms with Gasteiger partial charge in [0.15, 0.2) is 5.78 Å². The highest BCUT2D eigenvalue weighted by Crippen LogP contribution is 2.74. The van der Waals surface area contributed by atoms with Gasteiger partial charge in [0.05, 0.1) is 23.0 Å². The van der Waals surface area contributed by atoms with Crippen LogP contribution in [0.25, 0.3) is 0 Å². The number of hydrogen-bond donors (Lipinski definition) is 4. The van der Waals surface area contributed by atoms with Crippen molar-refractivity contribution in [3.63, 3.8) is 0 Å². The molecule has 0 spiro atoms. The maximum Gasteiger partial charge on any atom is 0.310 e. The Morgan fingerprint density at radius 2 is 1.71 bits per heavy atom. The van der Waals surface area contributed by atoms with Crippen LogP contribution in [0.15, 0.2) is 11.6 Å². The molecule has 34 heavy (non-hydrogen) atoms. The number of allylic oxidation sites excluding steroid dienone is 1. The average molecular weight is 475 g/mol. The molecular weight excluding hydrogens is 432 g/mol. The summed E-state index contributed by atoms with van der Waals surface area (Å²) in [5, 5.41) is 44.0. The molecule has 0 aromatic heterocycles. The second kappa shape index (κ2) is 7.17. The molecule has 4 saturated carbocycles. The van der Waals surface area contributed by atoms with Gasteiger partial charge in [-0.2, -0.15) is 0 Å². The van der Waals surface area contributed by atoms with E-state index < -0.39 is 46.4 Å². The number of rotatable bonds is 1. The van der Waals surface area contributed by atoms with Crippen molar-refractivity contribution >= 4 is 11.8 Å². The second-order valence-electron chi connectivity index (χ2n) is 13.5. The zero-order valence-electron chi connectivity index (χ0n) is 21.3. The summed E-state index contributed by atoms with van der Waals surface area (Å²) in [6.45, 7) is 10.4. The molecule has 0 aliphatic heterocycles. The molecule has 0 heterocycles. The van der Waals surface area contributed by atoms with Crippen molar-refractivity contribution in [2.45, 2.75) is 104 Å². The average Bonchev–Trinajstić information content (AvgIpc) is 2.74. The van der Waals surface area contributed by atoms with Crippen LogP contribution in [-0.4, -0.2) is 50.0 Å². The van der Waals surface area contributed by atoms with Crippen LogP contribution in [0.3, 0.4) is 0 Å². The quantitative estimate of drug-likeness (QED) is 0.431. The van der Waals surface area contributed by atoms with Crippen molar-refractivity contribution in [2.24, 2.45) is 45.3 Å². The Labute approximate surface area is 202 Å². The predicted molar refractivity (Wildman–Crippen MR) is 127 cm³/mol. The minimum absolute atomic E-state index is 0.00458. The van der Waals surface area contributed by atoms with E-state index in [1.807, 2.05) is 13.8 Å². The van der Waals surface area contributed by atoms with Crippen LogP contribution >= 0.6 is 0 Å². The maximum absolute atomic E-state index is 13.0. The molecule has 0 radical (unpaired) electrons. The van der Waals surface area contributed by atoms with Gasteiger partial charge >= 0.3 is 5.97 Å². The van der Waals surface area contributed by atoms with Gasteiger partial charge in [0.25, 0.3) is 0 Å². The summed E-state index contributed by atoms with van der Waals surface area (Å²) in [4.78, 5) is 25.8. The highest BCUT2D eigenvalue weighted by Gasteiger charge is 2.72. The van der Waals surface area contributed by atoms with E-state index in [0.717, 1.165) is 5.57 Å². The van der Waals surface area contributed by atoms with Gasteiger partial charge in [0, 0.05) is 5.92 Å². The first-order valence-corrected chi connectivity index (χ1v) is 13.2. The zero-order chi connectivity index (χ0) is 25.1. The van der Waals surface area contributed by atoms with E-state index in [4.69, 9.17) is 0 Å². The number of aliphatic carboxylic acids is 1. The largest absolute Gasteiger partial charge is 0.481 e. The fourth-order valence-corrected chi connectivity index (χ4v) is 9.97. The van der Waals surface area contributed by atoms with Crippen molar-refractivity contribution in [1.82, 2.24) is 0 Å². The molecule has 0 aromatic carbocycles. The maximum atomic E-state index is 13.0. The Bertz CT molecular complexity index is 955. The summed E-state index contributed by atoms with van der Waals surface area (Å²) in [5.74, 6) is -1.91. The van der Waals surface area contributed by atoms with Crippen molar-refractivity contribution in [3.8, 4) is 0 Å². The van der Waals surface area contributed by atoms with Gasteiger partial charge in [-0.3, -0.25) is 9.59 Å². The van der Waals surface area contributed by atoms with Crippen molar-refractivity contribution in [1.29, 1.82) is 0 Å². The molecular formula is C28H42O6. The first-order valence-electron chi connectivity index (χ1n) is 13.2. The van der Waals surface area contributed by atoms with E-state index in [1.54, 1.807) is 0 Å². The summed E-state index contributed by atoms with van der Waals surface area (Å²) >= 11 is 0. The normalized spacial score (nSPS) is 56.9. The molecule has 190 valence electrons. The van der Waals surface area contributed by atoms with Crippen LogP contribution in [0.1, 0.15) is 86.0 Å². The zero-order valence-corrected chi connectivity index (χ0v) is 21.3. The number of Topliss-reactive ketones (excluding diaryl/α,β-unsaturated/α-hetero) is 1. The number of carboxylic acids is 1. The molecule has 0 saturated heterocycles. The third kappa shape index (κ3) is 2.68. The van der Waals surface area contributed by atoms with Gasteiger partial charge < -0.3 is 20.4 Å². The Kier molecular flexibility index (Phi) is 5.15. The Morgan fingerprint density at radius 1 is 1.03 bits per heavy atom. The molecule has 11 atom stereocenters. The minimum Gasteiger partial charge on any atom is -0.481 e. The highest BCUT2D eigenvalue weighted by molar-refractivity contribution is 5.87. The van der Waals surface area contributed by atoms with E-state index >= 15 is 0 Å². The molecule has 6 nitrogen and oxygen atoms in total. The summed E-state index contributed by atoms with van der Waals surface area (Å²) in [7, 11) is 0. The highest BCUT2D eigenvalue weighted by atomic mass is 16.4. The lowest BCUT2D eigenvalue weighted by atomic mass is 9.34. The Balaban J connectivity index is 1.66. The van der Waals surface area contributed by atoms with Crippen LogP contribution in [0.4, 0.5) is 0 Å². The van der Waals surface area contributed by atoms with Gasteiger partial charge in [-0.15, -0.1) is 0 Å². The Hall–Kier alpha value is -1.24. The molecule has 5 aliphatic rings. The van der Waals surface area contributed by atoms with Crippen molar-refractivity contribution in [3.05, 3.63) is 11.6 Å². The topological polar surface area (TPSA) is 115 Å². The second-order valence-corrected chi connectivity index (χ2v) is 13.5. The van der Waals surface area contributed by atoms with Crippen LogP contribution in [0.2, 0.25) is 0 Å². The van der Waals surface area contributed by atoms with Gasteiger partial charge in [-0.25, -0.2) is 0 Å². The van der Waals surface area contributed by atoms with Gasteiger partial charge in [-0.05, 0) is 86.4 Å². The SMILES string of the molecule is C[C@@H]1CC[C@]2(C(=O)O)CC[C@]3(C)C(=CC[C@@H]4[C@@]5(C)CC[C@H](O)C(=O)[C@H]5[C@H](O)C[C@]43C)[C@@H]2[C@]1(C)O. The minimum atomic E-state index is -1.13. The molecule has 0 bridgehead atoms. The molecule has 4 N–H and O–H groups in total. The number of hydrogen-bond acceptors (Lipinski definition) is 5. The van der Waals surface area contributed by atoms with E-state index in [-0.39, 0.29) is 28.4 Å². The standard InChI is InChI=1S/C28H42O6/c1-15-8-11-28(23(32)33)13-12-25(3)16(22(28)27(15,5)34)6-7-19-24(2)10-9-17(29)21(31)20(24)18(30)14-26(19,25)4/h6,15,17-20,22,29-30,34H,7-14H2,1-5H3,(H,32,33)/t15-,17+,18-,19-,20-,22-,24-,25-,26-,27-,28+/m1/s1. The summed E-state index contributed by atoms with van der Waals surface area (Å²) in [5.41, 5.74) is -2.17. The number of aliphatic hydroxyl groups is 3. The molecule has 0 unspecified atom stereocenters. The van der Waals surface area contributed by atoms with Crippen LogP contribution in [0.5, 0.6) is 0 Å². The third-order valence-corrected chi connectivity index (χ3v) is 12.3. The number of carbonyl (C=O) groups is 2. The summed E-state index contributed by atoms with van der Waals surface area (Å²) in [6.07, 6.45) is 5.16. The van der Waals surface area contributed by atoms with Crippen LogP contribution in [0, 0.1) is 45.3 Å². The van der Waals surface area contributed by atoms with Gasteiger partial charge in [0.1, 0.15) is 6.10 Å². The molecule has 5 rings (SSSR count). The fraction of sp³-hybridized carbons (Fsp3) is 0.857. The van der Waals surface area contributed by atoms with E-state index in [2.05, 4.69) is 26.8 Å². The lowest BCUT2D eigenvalue weighted by Gasteiger charge is -2.70. The first kappa shape index (κ1) is 24.5. The van der Waals surface area contributed by atoms with Crippen molar-refractivity contribution < 1.29 is 30.0 Å². The van der Waals surface area contributed by atoms with Gasteiger partial charge in [-0.1, -0.05) is 39.3 Å². The fourth-order valence-electron chi connectivity index (χ4n) is 9.97. The summed E-state index contributed by atoms with van der Waals surface area (Å²) < 4.78 is 0. The number of carbonyl (C=O) groups excluding carboxylic acids is 1. The van der Waals surface area contributed by atoms with Crippen LogP contribution < -0.4 is 0 Å². The van der Waals surface area contributed by atoms with E-state index in [9.17, 15) is 30.0 Å². The van der Waals surface area contributed by atoms with Crippen LogP contribution in [-0.2, 0) is 9.59 Å².